The molecule has 0 aliphatic carbocycles. The number of nitrogens with one attached hydrogen (secondary N) is 1. The number of rotatable bonds is 2. The number of amides is 4. The average molecular weight is 555 g/mol. The second-order valence-corrected chi connectivity index (χ2v) is 15.8. The van der Waals surface area contributed by atoms with E-state index in [0.717, 1.165) is 8.48 Å². The number of anilines is 3. The third-order valence-corrected chi connectivity index (χ3v) is 12.5. The average Bonchev–Trinajstić information content (AvgIpc) is 3.24. The monoisotopic (exact) mass is 557 g/mol. The van der Waals surface area contributed by atoms with Crippen LogP contribution in [0.2, 0.25) is 13.1 Å². The van der Waals surface area contributed by atoms with E-state index in [1.165, 1.54) is 32.5 Å². The minimum atomic E-state index is -1.83. The number of benzene rings is 2. The number of hydrogen-bond donors (Lipinski definition) is 1. The van der Waals surface area contributed by atoms with E-state index >= 15 is 0 Å². The molecule has 0 atom stereocenters. The van der Waals surface area contributed by atoms with Gasteiger partial charge in [-0.15, -0.1) is 0 Å². The minimum absolute atomic E-state index is 0.00563. The van der Waals surface area contributed by atoms with Gasteiger partial charge >= 0.3 is 197 Å². The molecule has 0 radical (unpaired) electrons. The molecule has 8 heteroatoms. The fraction of sp³-hybridized carbons (Fsp3) is 0.125. The Morgan fingerprint density at radius 2 is 1.47 bits per heavy atom. The fourth-order valence-corrected chi connectivity index (χ4v) is 10.1. The summed E-state index contributed by atoms with van der Waals surface area (Å²) in [5.74, 6) is -1.21. The topological polar surface area (TPSA) is 69.7 Å². The molecule has 0 bridgehead atoms. The number of hydrogen-bond acceptors (Lipinski definition) is 4. The van der Waals surface area contributed by atoms with Crippen LogP contribution >= 0.6 is 0 Å². The Bertz CT molecular complexity index is 1280. The molecule has 0 spiro atoms. The normalized spacial score (nSPS) is 18.5. The second kappa shape index (κ2) is 7.59. The quantitative estimate of drug-likeness (QED) is 0.300. The van der Waals surface area contributed by atoms with Crippen molar-refractivity contribution in [3.63, 3.8) is 0 Å². The Hall–Kier alpha value is -2.92. The third kappa shape index (κ3) is 3.18. The molecule has 0 saturated carbocycles. The Morgan fingerprint density at radius 3 is 2.09 bits per heavy atom. The van der Waals surface area contributed by atoms with Crippen molar-refractivity contribution in [3.05, 3.63) is 69.8 Å². The Kier molecular flexibility index (Phi) is 4.97. The second-order valence-electron chi connectivity index (χ2n) is 8.35. The molecule has 0 unspecified atom stereocenters. The standard InChI is InChI=1S/C24H21N3O3SiTe/c1-26-23(29)16(22(28)25-24(26)30)14-15-12-13-21(32-15)27-17-8-4-6-10-19(17)31(2,3)20-11-7-5-9-18(20)27/h4-14H,1-3H3,(H,25,28,30)/b16-14+. The molecule has 2 aromatic carbocycles. The van der Waals surface area contributed by atoms with Crippen LogP contribution in [0, 0.1) is 0 Å². The van der Waals surface area contributed by atoms with E-state index in [1.807, 2.05) is 6.07 Å². The van der Waals surface area contributed by atoms with Crippen molar-refractivity contribution in [3.8, 4) is 0 Å². The molecule has 5 rings (SSSR count). The summed E-state index contributed by atoms with van der Waals surface area (Å²) in [6.45, 7) is 4.78. The van der Waals surface area contributed by atoms with E-state index in [-0.39, 0.29) is 5.57 Å². The number of nitrogens with zero attached hydrogens (tertiary/aromatic N) is 2. The van der Waals surface area contributed by atoms with Crippen LogP contribution in [-0.4, -0.2) is 58.3 Å². The molecule has 6 nitrogen and oxygen atoms in total. The number of fused-ring (bicyclic) bond motifs is 2. The van der Waals surface area contributed by atoms with Crippen LogP contribution in [-0.2, 0) is 9.59 Å². The van der Waals surface area contributed by atoms with Gasteiger partial charge in [0, 0.05) is 0 Å². The number of carbonyl (C=O) groups excluding carboxylic acids is 3. The third-order valence-electron chi connectivity index (χ3n) is 6.06. The van der Waals surface area contributed by atoms with E-state index in [9.17, 15) is 14.4 Å². The zero-order valence-corrected chi connectivity index (χ0v) is 21.2. The first-order valence-electron chi connectivity index (χ1n) is 10.2. The van der Waals surface area contributed by atoms with Gasteiger partial charge in [-0.3, -0.25) is 0 Å². The Morgan fingerprint density at radius 1 is 0.875 bits per heavy atom. The van der Waals surface area contributed by atoms with E-state index in [2.05, 4.69) is 77.9 Å². The molecule has 2 aliphatic heterocycles. The van der Waals surface area contributed by atoms with Crippen molar-refractivity contribution in [2.45, 2.75) is 13.1 Å². The van der Waals surface area contributed by atoms with Gasteiger partial charge in [0.25, 0.3) is 0 Å². The number of carbonyl (C=O) groups is 3. The van der Waals surface area contributed by atoms with Crippen LogP contribution in [0.15, 0.2) is 66.2 Å². The Labute approximate surface area is 196 Å². The maximum absolute atomic E-state index is 12.5. The van der Waals surface area contributed by atoms with Gasteiger partial charge in [0.1, 0.15) is 0 Å². The van der Waals surface area contributed by atoms with Crippen LogP contribution in [0.25, 0.3) is 6.08 Å². The number of likely N-dealkylation sites (N-methyl/N-ethyl adjacent to an activating group) is 1. The zero-order chi connectivity index (χ0) is 22.6. The van der Waals surface area contributed by atoms with Crippen LogP contribution in [0.3, 0.4) is 0 Å². The van der Waals surface area contributed by atoms with Gasteiger partial charge in [-0.05, 0) is 0 Å². The molecule has 2 aliphatic rings. The van der Waals surface area contributed by atoms with Crippen molar-refractivity contribution in [2.75, 3.05) is 11.9 Å². The molecule has 160 valence electrons. The first-order valence-corrected chi connectivity index (χ1v) is 15.6. The van der Waals surface area contributed by atoms with Crippen molar-refractivity contribution < 1.29 is 14.4 Å². The van der Waals surface area contributed by atoms with Gasteiger partial charge in [0.05, 0.1) is 0 Å². The van der Waals surface area contributed by atoms with E-state index in [0.29, 0.717) is 0 Å². The molecule has 1 saturated heterocycles. The predicted molar refractivity (Wildman–Crippen MR) is 129 cm³/mol. The molecule has 4 amide bonds. The summed E-state index contributed by atoms with van der Waals surface area (Å²) in [7, 11) is -0.458. The van der Waals surface area contributed by atoms with Gasteiger partial charge in [-0.2, -0.15) is 0 Å². The van der Waals surface area contributed by atoms with Crippen LogP contribution in [0.5, 0.6) is 0 Å². The van der Waals surface area contributed by atoms with Crippen LogP contribution in [0.1, 0.15) is 3.58 Å². The summed E-state index contributed by atoms with van der Waals surface area (Å²) in [6.07, 6.45) is 1.65. The van der Waals surface area contributed by atoms with Crippen LogP contribution < -0.4 is 20.6 Å². The molecular weight excluding hydrogens is 534 g/mol. The molecule has 32 heavy (non-hydrogen) atoms. The van der Waals surface area contributed by atoms with Gasteiger partial charge in [-0.1, -0.05) is 0 Å². The molecule has 1 aromatic heterocycles. The predicted octanol–water partition coefficient (Wildman–Crippen LogP) is 2.44. The molecule has 1 fully saturated rings. The summed E-state index contributed by atoms with van der Waals surface area (Å²) >= 11 is -0.859. The number of para-hydroxylation sites is 2. The zero-order valence-electron chi connectivity index (χ0n) is 17.9. The van der Waals surface area contributed by atoms with Gasteiger partial charge in [-0.25, -0.2) is 0 Å². The van der Waals surface area contributed by atoms with Gasteiger partial charge < -0.3 is 0 Å². The van der Waals surface area contributed by atoms with E-state index in [1.54, 1.807) is 6.08 Å². The first-order chi connectivity index (χ1) is 15.3. The summed E-state index contributed by atoms with van der Waals surface area (Å²) < 4.78 is 2.18. The number of imide groups is 2. The summed E-state index contributed by atoms with van der Waals surface area (Å²) in [4.78, 5) is 39.7. The van der Waals surface area contributed by atoms with E-state index in [4.69, 9.17) is 0 Å². The van der Waals surface area contributed by atoms with Gasteiger partial charge in [0.2, 0.25) is 0 Å². The summed E-state index contributed by atoms with van der Waals surface area (Å²) in [5.41, 5.74) is 2.45. The molecule has 1 N–H and O–H groups in total. The summed E-state index contributed by atoms with van der Waals surface area (Å²) in [6, 6.07) is 20.6. The summed E-state index contributed by atoms with van der Waals surface area (Å²) in [5, 5.41) is 5.02. The number of barbiturate groups is 1. The maximum atomic E-state index is 12.5. The van der Waals surface area contributed by atoms with Crippen molar-refractivity contribution in [2.24, 2.45) is 0 Å². The Balaban J connectivity index is 1.60. The molecular formula is C24H21N3O3SiTe. The first kappa shape index (κ1) is 21.0. The van der Waals surface area contributed by atoms with Crippen molar-refractivity contribution >= 4 is 77.9 Å². The molecule has 3 aromatic rings. The SMILES string of the molecule is CN1C(=O)NC(=O)/C(=C\c2ccc(N3c4ccccc4[Si](C)(C)c4ccccc43)[te]2)C1=O. The van der Waals surface area contributed by atoms with E-state index < -0.39 is 46.4 Å². The van der Waals surface area contributed by atoms with Crippen molar-refractivity contribution in [1.82, 2.24) is 10.2 Å². The fourth-order valence-electron chi connectivity index (χ4n) is 4.33. The van der Waals surface area contributed by atoms with Crippen LogP contribution in [0.4, 0.5) is 19.9 Å². The van der Waals surface area contributed by atoms with Gasteiger partial charge in [0.15, 0.2) is 0 Å². The van der Waals surface area contributed by atoms with Crippen molar-refractivity contribution in [1.29, 1.82) is 0 Å². The number of urea groups is 1. The molecule has 3 heterocycles.